The van der Waals surface area contributed by atoms with Gasteiger partial charge in [-0.25, -0.2) is 0 Å². The van der Waals surface area contributed by atoms with E-state index in [1.807, 2.05) is 4.90 Å². The van der Waals surface area contributed by atoms with E-state index in [1.54, 1.807) is 0 Å². The van der Waals surface area contributed by atoms with Crippen LogP contribution in [0, 0.1) is 11.3 Å². The number of piperidine rings is 1. The molecular formula is C21H30N2O2. The number of hydrogen-bond donors (Lipinski definition) is 1. The number of rotatable bonds is 6. The SMILES string of the molecule is O=C(CCN1Cc2ccccc2C1)N1CCCC(CO)(CC2CC2)C1. The summed E-state index contributed by atoms with van der Waals surface area (Å²) >= 11 is 0. The Balaban J connectivity index is 1.29. The van der Waals surface area contributed by atoms with E-state index >= 15 is 0 Å². The third-order valence-electron chi connectivity index (χ3n) is 6.32. The molecule has 4 heteroatoms. The van der Waals surface area contributed by atoms with E-state index in [0.717, 1.165) is 57.9 Å². The van der Waals surface area contributed by atoms with Gasteiger partial charge in [-0.15, -0.1) is 0 Å². The fourth-order valence-electron chi connectivity index (χ4n) is 4.69. The van der Waals surface area contributed by atoms with E-state index < -0.39 is 0 Å². The number of fused-ring (bicyclic) bond motifs is 1. The summed E-state index contributed by atoms with van der Waals surface area (Å²) < 4.78 is 0. The van der Waals surface area contributed by atoms with Crippen molar-refractivity contribution in [2.24, 2.45) is 11.3 Å². The highest BCUT2D eigenvalue weighted by atomic mass is 16.3. The van der Waals surface area contributed by atoms with Gasteiger partial charge in [0.15, 0.2) is 0 Å². The van der Waals surface area contributed by atoms with Crippen LogP contribution in [0.2, 0.25) is 0 Å². The molecule has 4 rings (SSSR count). The third kappa shape index (κ3) is 3.90. The van der Waals surface area contributed by atoms with Crippen molar-refractivity contribution in [3.63, 3.8) is 0 Å². The monoisotopic (exact) mass is 342 g/mol. The Morgan fingerprint density at radius 3 is 2.56 bits per heavy atom. The predicted octanol–water partition coefficient (Wildman–Crippen LogP) is 2.79. The van der Waals surface area contributed by atoms with E-state index in [-0.39, 0.29) is 17.9 Å². The maximum absolute atomic E-state index is 12.8. The highest BCUT2D eigenvalue weighted by molar-refractivity contribution is 5.76. The van der Waals surface area contributed by atoms with E-state index in [2.05, 4.69) is 29.2 Å². The molecule has 1 saturated carbocycles. The Hall–Kier alpha value is -1.39. The lowest BCUT2D eigenvalue weighted by Gasteiger charge is -2.42. The molecule has 2 fully saturated rings. The summed E-state index contributed by atoms with van der Waals surface area (Å²) in [6, 6.07) is 8.57. The van der Waals surface area contributed by atoms with Gasteiger partial charge in [-0.2, -0.15) is 0 Å². The maximum Gasteiger partial charge on any atom is 0.223 e. The zero-order chi connectivity index (χ0) is 17.3. The number of nitrogens with zero attached hydrogens (tertiary/aromatic N) is 2. The predicted molar refractivity (Wildman–Crippen MR) is 97.8 cm³/mol. The van der Waals surface area contributed by atoms with Crippen LogP contribution in [-0.2, 0) is 17.9 Å². The van der Waals surface area contributed by atoms with Crippen molar-refractivity contribution in [2.75, 3.05) is 26.2 Å². The summed E-state index contributed by atoms with van der Waals surface area (Å²) in [4.78, 5) is 17.2. The Bertz CT molecular complexity index is 603. The molecule has 1 amide bonds. The first-order chi connectivity index (χ1) is 12.2. The second kappa shape index (κ2) is 7.08. The Kier molecular flexibility index (Phi) is 4.83. The van der Waals surface area contributed by atoms with Crippen LogP contribution in [0.5, 0.6) is 0 Å². The number of likely N-dealkylation sites (tertiary alicyclic amines) is 1. The number of aliphatic hydroxyl groups excluding tert-OH is 1. The Labute approximate surface area is 150 Å². The van der Waals surface area contributed by atoms with Crippen LogP contribution in [0.25, 0.3) is 0 Å². The van der Waals surface area contributed by atoms with Crippen LogP contribution in [0.1, 0.15) is 49.7 Å². The van der Waals surface area contributed by atoms with E-state index in [9.17, 15) is 9.90 Å². The van der Waals surface area contributed by atoms with Crippen LogP contribution in [-0.4, -0.2) is 47.1 Å². The minimum atomic E-state index is -0.0288. The molecule has 1 aromatic carbocycles. The molecule has 4 nitrogen and oxygen atoms in total. The third-order valence-corrected chi connectivity index (χ3v) is 6.32. The molecule has 1 N–H and O–H groups in total. The number of aliphatic hydroxyl groups is 1. The van der Waals surface area contributed by atoms with Gasteiger partial charge in [0.25, 0.3) is 0 Å². The molecule has 0 aromatic heterocycles. The molecule has 1 unspecified atom stereocenters. The second-order valence-corrected chi connectivity index (χ2v) is 8.45. The summed E-state index contributed by atoms with van der Waals surface area (Å²) in [5.74, 6) is 1.06. The first-order valence-corrected chi connectivity index (χ1v) is 9.85. The van der Waals surface area contributed by atoms with E-state index in [0.29, 0.717) is 6.42 Å². The van der Waals surface area contributed by atoms with Crippen molar-refractivity contribution < 1.29 is 9.90 Å². The lowest BCUT2D eigenvalue weighted by atomic mass is 9.76. The summed E-state index contributed by atoms with van der Waals surface area (Å²) in [5, 5.41) is 9.97. The van der Waals surface area contributed by atoms with E-state index in [1.165, 1.54) is 24.0 Å². The molecule has 0 bridgehead atoms. The van der Waals surface area contributed by atoms with Gasteiger partial charge in [-0.1, -0.05) is 37.1 Å². The topological polar surface area (TPSA) is 43.8 Å². The molecule has 2 heterocycles. The lowest BCUT2D eigenvalue weighted by Crippen LogP contribution is -2.48. The highest BCUT2D eigenvalue weighted by Gasteiger charge is 2.40. The van der Waals surface area contributed by atoms with Crippen LogP contribution in [0.4, 0.5) is 0 Å². The minimum Gasteiger partial charge on any atom is -0.396 e. The van der Waals surface area contributed by atoms with Crippen LogP contribution < -0.4 is 0 Å². The summed E-state index contributed by atoms with van der Waals surface area (Å²) in [6.07, 6.45) is 6.43. The van der Waals surface area contributed by atoms with Gasteiger partial charge < -0.3 is 10.0 Å². The van der Waals surface area contributed by atoms with Crippen LogP contribution in [0.15, 0.2) is 24.3 Å². The number of hydrogen-bond acceptors (Lipinski definition) is 3. The van der Waals surface area contributed by atoms with Gasteiger partial charge in [0.2, 0.25) is 5.91 Å². The number of benzene rings is 1. The second-order valence-electron chi connectivity index (χ2n) is 8.45. The molecule has 1 saturated heterocycles. The van der Waals surface area contributed by atoms with E-state index in [4.69, 9.17) is 0 Å². The number of amides is 1. The molecule has 2 aliphatic heterocycles. The normalized spacial score (nSPS) is 26.7. The highest BCUT2D eigenvalue weighted by Crippen LogP contribution is 2.44. The van der Waals surface area contributed by atoms with Gasteiger partial charge in [-0.05, 0) is 36.3 Å². The van der Waals surface area contributed by atoms with Crippen molar-refractivity contribution in [1.29, 1.82) is 0 Å². The van der Waals surface area contributed by atoms with Crippen molar-refractivity contribution in [1.82, 2.24) is 9.80 Å². The first-order valence-electron chi connectivity index (χ1n) is 9.85. The van der Waals surface area contributed by atoms with Crippen molar-refractivity contribution >= 4 is 5.91 Å². The average molecular weight is 342 g/mol. The average Bonchev–Trinajstić information content (AvgIpc) is 3.34. The minimum absolute atomic E-state index is 0.0288. The molecule has 1 atom stereocenters. The van der Waals surface area contributed by atoms with Crippen LogP contribution in [0.3, 0.4) is 0 Å². The fourth-order valence-corrected chi connectivity index (χ4v) is 4.69. The smallest absolute Gasteiger partial charge is 0.223 e. The summed E-state index contributed by atoms with van der Waals surface area (Å²) in [7, 11) is 0. The zero-order valence-electron chi connectivity index (χ0n) is 15.1. The molecule has 3 aliphatic rings. The maximum atomic E-state index is 12.8. The van der Waals surface area contributed by atoms with Crippen molar-refractivity contribution in [2.45, 2.75) is 51.6 Å². The Morgan fingerprint density at radius 1 is 1.20 bits per heavy atom. The van der Waals surface area contributed by atoms with Gasteiger partial charge in [-0.3, -0.25) is 9.69 Å². The molecule has 25 heavy (non-hydrogen) atoms. The van der Waals surface area contributed by atoms with Crippen molar-refractivity contribution in [3.05, 3.63) is 35.4 Å². The largest absolute Gasteiger partial charge is 0.396 e. The van der Waals surface area contributed by atoms with Crippen LogP contribution >= 0.6 is 0 Å². The molecule has 136 valence electrons. The van der Waals surface area contributed by atoms with Crippen molar-refractivity contribution in [3.8, 4) is 0 Å². The lowest BCUT2D eigenvalue weighted by molar-refractivity contribution is -0.136. The quantitative estimate of drug-likeness (QED) is 0.864. The molecular weight excluding hydrogens is 312 g/mol. The molecule has 1 aromatic rings. The fraction of sp³-hybridized carbons (Fsp3) is 0.667. The molecule has 0 spiro atoms. The van der Waals surface area contributed by atoms with Gasteiger partial charge in [0.05, 0.1) is 6.61 Å². The molecule has 1 aliphatic carbocycles. The summed E-state index contributed by atoms with van der Waals surface area (Å²) in [6.45, 7) is 4.62. The Morgan fingerprint density at radius 2 is 1.92 bits per heavy atom. The standard InChI is InChI=1S/C21H30N2O2/c24-16-21(12-17-6-7-17)9-3-10-23(15-21)20(25)8-11-22-13-18-4-1-2-5-19(18)14-22/h1-2,4-5,17,24H,3,6-16H2. The van der Waals surface area contributed by atoms with Gasteiger partial charge >= 0.3 is 0 Å². The van der Waals surface area contributed by atoms with Gasteiger partial charge in [0.1, 0.15) is 0 Å². The number of carbonyl (C=O) groups excluding carboxylic acids is 1. The zero-order valence-corrected chi connectivity index (χ0v) is 15.1. The number of carbonyl (C=O) groups is 1. The summed E-state index contributed by atoms with van der Waals surface area (Å²) in [5.41, 5.74) is 2.77. The first kappa shape index (κ1) is 17.0. The molecule has 0 radical (unpaired) electrons. The van der Waals surface area contributed by atoms with Gasteiger partial charge in [0, 0.05) is 44.6 Å².